The van der Waals surface area contributed by atoms with Crippen LogP contribution in [0.1, 0.15) is 20.7 Å². The summed E-state index contributed by atoms with van der Waals surface area (Å²) in [4.78, 5) is 25.6. The summed E-state index contributed by atoms with van der Waals surface area (Å²) in [6.45, 7) is 0. The summed E-state index contributed by atoms with van der Waals surface area (Å²) in [5.41, 5.74) is 0.947. The van der Waals surface area contributed by atoms with Crippen molar-refractivity contribution in [3.8, 4) is 23.0 Å². The van der Waals surface area contributed by atoms with Gasteiger partial charge in [-0.2, -0.15) is 0 Å². The predicted molar refractivity (Wildman–Crippen MR) is 123 cm³/mol. The minimum absolute atomic E-state index is 0.00967. The molecule has 0 radical (unpaired) electrons. The Bertz CT molecular complexity index is 1080. The summed E-state index contributed by atoms with van der Waals surface area (Å²) < 4.78 is 22.5. The molecule has 31 heavy (non-hydrogen) atoms. The number of carbonyl (C=O) groups is 2. The van der Waals surface area contributed by atoms with E-state index in [4.69, 9.17) is 18.9 Å². The maximum atomic E-state index is 12.9. The number of hydrogen-bond donors (Lipinski definition) is 0. The Morgan fingerprint density at radius 3 is 1.77 bits per heavy atom. The van der Waals surface area contributed by atoms with Crippen molar-refractivity contribution in [2.24, 2.45) is 0 Å². The van der Waals surface area contributed by atoms with Crippen LogP contribution in [0, 0.1) is 0 Å². The van der Waals surface area contributed by atoms with E-state index in [1.165, 1.54) is 0 Å². The van der Waals surface area contributed by atoms with Gasteiger partial charge in [0, 0.05) is 0 Å². The third-order valence-corrected chi connectivity index (χ3v) is 7.39. The standard InChI is InChI=1S/C23H20AsBrO6/c1-28-16-8-4-14(5-9-16)22(26)24-19-12-18(30-3)13-20(25)21(19)31-23(27)15-6-10-17(29-2)11-7-15/h4-13,24H,1-3H3. The molecular weight excluding hydrogens is 527 g/mol. The number of hydrogen-bond acceptors (Lipinski definition) is 6. The summed E-state index contributed by atoms with van der Waals surface area (Å²) >= 11 is 2.09. The van der Waals surface area contributed by atoms with Gasteiger partial charge in [0.15, 0.2) is 0 Å². The number of benzene rings is 3. The van der Waals surface area contributed by atoms with Gasteiger partial charge in [-0.3, -0.25) is 0 Å². The first-order valence-corrected chi connectivity index (χ1v) is 12.0. The Kier molecular flexibility index (Phi) is 7.77. The van der Waals surface area contributed by atoms with Gasteiger partial charge in [-0.1, -0.05) is 0 Å². The van der Waals surface area contributed by atoms with E-state index in [9.17, 15) is 9.59 Å². The quantitative estimate of drug-likeness (QED) is 0.244. The summed E-state index contributed by atoms with van der Waals surface area (Å²) in [6.07, 6.45) is 0. The van der Waals surface area contributed by atoms with Crippen molar-refractivity contribution >= 4 is 46.6 Å². The van der Waals surface area contributed by atoms with Crippen molar-refractivity contribution in [1.82, 2.24) is 0 Å². The van der Waals surface area contributed by atoms with E-state index in [0.717, 1.165) is 0 Å². The van der Waals surface area contributed by atoms with E-state index in [1.54, 1.807) is 82.0 Å². The van der Waals surface area contributed by atoms with Gasteiger partial charge in [-0.05, 0) is 0 Å². The van der Waals surface area contributed by atoms with E-state index < -0.39 is 21.7 Å². The second-order valence-electron chi connectivity index (χ2n) is 6.29. The molecule has 0 spiro atoms. The van der Waals surface area contributed by atoms with Gasteiger partial charge in [-0.25, -0.2) is 0 Å². The number of carbonyl (C=O) groups excluding carboxylic acids is 2. The first kappa shape index (κ1) is 22.9. The topological polar surface area (TPSA) is 71.1 Å². The molecule has 1 atom stereocenters. The predicted octanol–water partition coefficient (Wildman–Crippen LogP) is 3.60. The fraction of sp³-hybridized carbons (Fsp3) is 0.130. The first-order valence-electron chi connectivity index (χ1n) is 9.14. The second-order valence-corrected chi connectivity index (χ2v) is 9.75. The molecule has 0 N–H and O–H groups in total. The molecule has 3 aromatic rings. The molecule has 0 aromatic heterocycles. The van der Waals surface area contributed by atoms with Crippen LogP contribution in [0.5, 0.6) is 23.0 Å². The molecule has 0 aliphatic heterocycles. The first-order chi connectivity index (χ1) is 14.9. The van der Waals surface area contributed by atoms with Gasteiger partial charge < -0.3 is 0 Å². The molecule has 0 aliphatic rings. The van der Waals surface area contributed by atoms with Gasteiger partial charge in [0.05, 0.1) is 0 Å². The Labute approximate surface area is 195 Å². The third-order valence-electron chi connectivity index (χ3n) is 4.37. The Morgan fingerprint density at radius 2 is 1.26 bits per heavy atom. The van der Waals surface area contributed by atoms with Crippen LogP contribution < -0.4 is 23.3 Å². The van der Waals surface area contributed by atoms with Crippen LogP contribution >= 0.6 is 15.9 Å². The average Bonchev–Trinajstić information content (AvgIpc) is 2.80. The van der Waals surface area contributed by atoms with Crippen molar-refractivity contribution in [1.29, 1.82) is 0 Å². The van der Waals surface area contributed by atoms with Crippen molar-refractivity contribution in [2.75, 3.05) is 21.3 Å². The van der Waals surface area contributed by atoms with Crippen LogP contribution in [0.3, 0.4) is 0 Å². The van der Waals surface area contributed by atoms with Crippen molar-refractivity contribution in [2.45, 2.75) is 0 Å². The van der Waals surface area contributed by atoms with E-state index in [2.05, 4.69) is 15.9 Å². The average molecular weight is 547 g/mol. The summed E-state index contributed by atoms with van der Waals surface area (Å²) in [5, 5.41) is 0. The molecule has 0 fully saturated rings. The maximum absolute atomic E-state index is 12.9. The van der Waals surface area contributed by atoms with Crippen LogP contribution in [0.4, 0.5) is 0 Å². The number of methoxy groups -OCH3 is 3. The molecular formula is C23H20AsBrO6. The van der Waals surface area contributed by atoms with Crippen LogP contribution in [-0.2, 0) is 0 Å². The van der Waals surface area contributed by atoms with Crippen LogP contribution in [0.25, 0.3) is 0 Å². The molecule has 0 saturated heterocycles. The number of ether oxygens (including phenoxy) is 4. The summed E-state index contributed by atoms with van der Waals surface area (Å²) in [5.74, 6) is 1.67. The van der Waals surface area contributed by atoms with Crippen LogP contribution in [-0.4, -0.2) is 47.6 Å². The second kappa shape index (κ2) is 10.5. The number of rotatable bonds is 8. The van der Waals surface area contributed by atoms with E-state index in [-0.39, 0.29) is 4.57 Å². The zero-order chi connectivity index (χ0) is 22.4. The summed E-state index contributed by atoms with van der Waals surface area (Å²) in [6, 6.07) is 17.0. The Morgan fingerprint density at radius 1 is 0.742 bits per heavy atom. The molecule has 8 heteroatoms. The van der Waals surface area contributed by atoms with Gasteiger partial charge in [0.1, 0.15) is 0 Å². The Hall–Kier alpha value is -2.76. The van der Waals surface area contributed by atoms with Gasteiger partial charge in [-0.15, -0.1) is 0 Å². The molecule has 160 valence electrons. The molecule has 0 heterocycles. The SMILES string of the molecule is COc1ccc(C(=O)Oc2c(Br)cc(OC)cc2[AsH]C(=O)c2ccc(OC)cc2)cc1. The van der Waals surface area contributed by atoms with E-state index in [1.807, 2.05) is 0 Å². The number of halogens is 1. The van der Waals surface area contributed by atoms with Gasteiger partial charge in [0.25, 0.3) is 0 Å². The monoisotopic (exact) mass is 546 g/mol. The molecule has 3 rings (SSSR count). The fourth-order valence-electron chi connectivity index (χ4n) is 2.70. The van der Waals surface area contributed by atoms with E-state index >= 15 is 0 Å². The third kappa shape index (κ3) is 5.69. The van der Waals surface area contributed by atoms with Crippen molar-refractivity contribution in [3.63, 3.8) is 0 Å². The molecule has 0 saturated carbocycles. The Balaban J connectivity index is 1.88. The molecule has 3 aromatic carbocycles. The molecule has 0 aliphatic carbocycles. The summed E-state index contributed by atoms with van der Waals surface area (Å²) in [7, 11) is 4.67. The van der Waals surface area contributed by atoms with Crippen LogP contribution in [0.15, 0.2) is 65.1 Å². The van der Waals surface area contributed by atoms with Gasteiger partial charge in [0.2, 0.25) is 0 Å². The fourth-order valence-corrected chi connectivity index (χ4v) is 5.85. The number of esters is 1. The molecule has 1 unspecified atom stereocenters. The van der Waals surface area contributed by atoms with Crippen molar-refractivity contribution in [3.05, 3.63) is 76.3 Å². The zero-order valence-corrected chi connectivity index (χ0v) is 20.8. The van der Waals surface area contributed by atoms with Gasteiger partial charge >= 0.3 is 196 Å². The van der Waals surface area contributed by atoms with Crippen LogP contribution in [0.2, 0.25) is 0 Å². The minimum atomic E-state index is -1.35. The molecule has 0 amide bonds. The van der Waals surface area contributed by atoms with Crippen molar-refractivity contribution < 1.29 is 28.5 Å². The normalized spacial score (nSPS) is 10.7. The molecule has 0 bridgehead atoms. The zero-order valence-electron chi connectivity index (χ0n) is 17.1. The van der Waals surface area contributed by atoms with E-state index in [0.29, 0.717) is 42.9 Å². The molecule has 6 nitrogen and oxygen atoms in total.